The van der Waals surface area contributed by atoms with Crippen LogP contribution in [0.3, 0.4) is 0 Å². The number of nitrogens with one attached hydrogen (secondary N) is 1. The van der Waals surface area contributed by atoms with Gasteiger partial charge in [0.1, 0.15) is 5.60 Å². The molecule has 2 rings (SSSR count). The van der Waals surface area contributed by atoms with Crippen LogP contribution in [0.1, 0.15) is 52.9 Å². The lowest BCUT2D eigenvalue weighted by Gasteiger charge is -2.34. The van der Waals surface area contributed by atoms with Crippen molar-refractivity contribution < 1.29 is 19.1 Å². The maximum atomic E-state index is 12.3. The Morgan fingerprint density at radius 3 is 2.22 bits per heavy atom. The number of allylic oxidation sites excluding steroid dienone is 1. The molecule has 152 valence electrons. The molecule has 0 aromatic heterocycles. The SMILES string of the molecule is CC(C)(C)OC(=O)NCCC(=O)N1CCN(C(=O)/C=C/C2CCCC2)CC1. The zero-order chi connectivity index (χ0) is 19.9. The third-order valence-electron chi connectivity index (χ3n) is 4.86. The second-order valence-corrected chi connectivity index (χ2v) is 8.29. The maximum absolute atomic E-state index is 12.3. The Hall–Kier alpha value is -2.05. The smallest absolute Gasteiger partial charge is 0.407 e. The van der Waals surface area contributed by atoms with Gasteiger partial charge in [0.05, 0.1) is 0 Å². The summed E-state index contributed by atoms with van der Waals surface area (Å²) in [6.45, 7) is 7.81. The molecule has 1 aliphatic carbocycles. The largest absolute Gasteiger partial charge is 0.444 e. The number of hydrogen-bond donors (Lipinski definition) is 1. The van der Waals surface area contributed by atoms with Crippen molar-refractivity contribution in [3.8, 4) is 0 Å². The molecule has 0 bridgehead atoms. The van der Waals surface area contributed by atoms with Crippen molar-refractivity contribution in [1.82, 2.24) is 15.1 Å². The minimum atomic E-state index is -0.552. The van der Waals surface area contributed by atoms with E-state index in [9.17, 15) is 14.4 Å². The molecule has 1 N–H and O–H groups in total. The van der Waals surface area contributed by atoms with E-state index in [0.717, 1.165) is 0 Å². The second-order valence-electron chi connectivity index (χ2n) is 8.29. The predicted octanol–water partition coefficient (Wildman–Crippen LogP) is 2.32. The Labute approximate surface area is 162 Å². The van der Waals surface area contributed by atoms with Crippen molar-refractivity contribution in [2.75, 3.05) is 32.7 Å². The number of nitrogens with zero attached hydrogens (tertiary/aromatic N) is 2. The van der Waals surface area contributed by atoms with Crippen LogP contribution in [0.4, 0.5) is 4.79 Å². The summed E-state index contributed by atoms with van der Waals surface area (Å²) >= 11 is 0. The van der Waals surface area contributed by atoms with Gasteiger partial charge in [-0.05, 0) is 45.6 Å². The Morgan fingerprint density at radius 1 is 1.04 bits per heavy atom. The van der Waals surface area contributed by atoms with E-state index in [-0.39, 0.29) is 24.8 Å². The Bertz CT molecular complexity index is 554. The molecule has 1 aliphatic heterocycles. The number of carbonyl (C=O) groups is 3. The highest BCUT2D eigenvalue weighted by Crippen LogP contribution is 2.25. The van der Waals surface area contributed by atoms with Crippen molar-refractivity contribution in [3.63, 3.8) is 0 Å². The Morgan fingerprint density at radius 2 is 1.63 bits per heavy atom. The topological polar surface area (TPSA) is 79.0 Å². The molecule has 27 heavy (non-hydrogen) atoms. The van der Waals surface area contributed by atoms with Gasteiger partial charge in [0, 0.05) is 39.1 Å². The Balaban J connectivity index is 1.65. The molecule has 0 radical (unpaired) electrons. The first-order chi connectivity index (χ1) is 12.7. The van der Waals surface area contributed by atoms with Crippen LogP contribution in [0, 0.1) is 5.92 Å². The van der Waals surface area contributed by atoms with E-state index < -0.39 is 11.7 Å². The zero-order valence-electron chi connectivity index (χ0n) is 16.8. The minimum absolute atomic E-state index is 0.0142. The molecule has 1 heterocycles. The molecule has 3 amide bonds. The maximum Gasteiger partial charge on any atom is 0.407 e. The third kappa shape index (κ3) is 7.61. The summed E-state index contributed by atoms with van der Waals surface area (Å²) in [6.07, 6.45) is 8.36. The number of alkyl carbamates (subject to hydrolysis) is 1. The molecule has 1 saturated heterocycles. The van der Waals surface area contributed by atoms with E-state index in [1.165, 1.54) is 25.7 Å². The van der Waals surface area contributed by atoms with Crippen LogP contribution < -0.4 is 5.32 Å². The molecule has 0 unspecified atom stereocenters. The standard InChI is InChI=1S/C20H33N3O4/c1-20(2,3)27-19(26)21-11-10-18(25)23-14-12-22(13-15-23)17(24)9-8-16-6-4-5-7-16/h8-9,16H,4-7,10-15H2,1-3H3,(H,21,26)/b9-8+. The molecular formula is C20H33N3O4. The lowest BCUT2D eigenvalue weighted by molar-refractivity contribution is -0.137. The fourth-order valence-electron chi connectivity index (χ4n) is 3.39. The molecule has 1 saturated carbocycles. The molecule has 0 atom stereocenters. The van der Waals surface area contributed by atoms with Gasteiger partial charge in [-0.1, -0.05) is 18.9 Å². The number of hydrogen-bond acceptors (Lipinski definition) is 4. The van der Waals surface area contributed by atoms with Crippen LogP contribution in [0.5, 0.6) is 0 Å². The highest BCUT2D eigenvalue weighted by atomic mass is 16.6. The number of rotatable bonds is 5. The molecule has 7 heteroatoms. The summed E-state index contributed by atoms with van der Waals surface area (Å²) in [6, 6.07) is 0. The lowest BCUT2D eigenvalue weighted by atomic mass is 10.1. The van der Waals surface area contributed by atoms with Gasteiger partial charge in [0.15, 0.2) is 0 Å². The van der Waals surface area contributed by atoms with Crippen LogP contribution in [0.15, 0.2) is 12.2 Å². The third-order valence-corrected chi connectivity index (χ3v) is 4.86. The first-order valence-electron chi connectivity index (χ1n) is 9.96. The van der Waals surface area contributed by atoms with E-state index >= 15 is 0 Å². The van der Waals surface area contributed by atoms with Gasteiger partial charge in [-0.15, -0.1) is 0 Å². The first-order valence-corrected chi connectivity index (χ1v) is 9.96. The molecule has 0 aromatic rings. The van der Waals surface area contributed by atoms with Crippen LogP contribution in [0.25, 0.3) is 0 Å². The molecular weight excluding hydrogens is 346 g/mol. The van der Waals surface area contributed by atoms with Crippen molar-refractivity contribution in [2.45, 2.75) is 58.5 Å². The molecule has 2 fully saturated rings. The minimum Gasteiger partial charge on any atom is -0.444 e. The van der Waals surface area contributed by atoms with Crippen LogP contribution in [0.2, 0.25) is 0 Å². The first kappa shape index (κ1) is 21.3. The van der Waals surface area contributed by atoms with E-state index in [1.807, 2.05) is 0 Å². The van der Waals surface area contributed by atoms with Crippen LogP contribution in [-0.2, 0) is 14.3 Å². The van der Waals surface area contributed by atoms with Gasteiger partial charge in [0.2, 0.25) is 11.8 Å². The number of amides is 3. The van der Waals surface area contributed by atoms with Gasteiger partial charge in [-0.3, -0.25) is 9.59 Å². The van der Waals surface area contributed by atoms with Crippen LogP contribution >= 0.6 is 0 Å². The van der Waals surface area contributed by atoms with Gasteiger partial charge >= 0.3 is 6.09 Å². The van der Waals surface area contributed by atoms with Gasteiger partial charge in [0.25, 0.3) is 0 Å². The molecule has 0 aromatic carbocycles. The van der Waals surface area contributed by atoms with Crippen molar-refractivity contribution in [3.05, 3.63) is 12.2 Å². The average molecular weight is 380 g/mol. The van der Waals surface area contributed by atoms with E-state index in [0.29, 0.717) is 32.1 Å². The van der Waals surface area contributed by atoms with Gasteiger partial charge in [-0.25, -0.2) is 4.79 Å². The highest BCUT2D eigenvalue weighted by molar-refractivity contribution is 5.88. The zero-order valence-corrected chi connectivity index (χ0v) is 16.8. The second kappa shape index (κ2) is 9.76. The fourth-order valence-corrected chi connectivity index (χ4v) is 3.39. The summed E-state index contributed by atoms with van der Waals surface area (Å²) in [5.41, 5.74) is -0.552. The number of piperazine rings is 1. The van der Waals surface area contributed by atoms with Crippen LogP contribution in [-0.4, -0.2) is 66.0 Å². The number of carbonyl (C=O) groups excluding carboxylic acids is 3. The van der Waals surface area contributed by atoms with Crippen molar-refractivity contribution in [2.24, 2.45) is 5.92 Å². The summed E-state index contributed by atoms with van der Waals surface area (Å²) in [4.78, 5) is 39.7. The predicted molar refractivity (Wildman–Crippen MR) is 103 cm³/mol. The summed E-state index contributed by atoms with van der Waals surface area (Å²) in [5.74, 6) is 0.578. The molecule has 7 nitrogen and oxygen atoms in total. The summed E-state index contributed by atoms with van der Waals surface area (Å²) < 4.78 is 5.14. The normalized spacial score (nSPS) is 18.8. The Kier molecular flexibility index (Phi) is 7.68. The quantitative estimate of drug-likeness (QED) is 0.744. The monoisotopic (exact) mass is 379 g/mol. The fraction of sp³-hybridized carbons (Fsp3) is 0.750. The summed E-state index contributed by atoms with van der Waals surface area (Å²) in [5, 5.41) is 2.60. The van der Waals surface area contributed by atoms with Crippen molar-refractivity contribution in [1.29, 1.82) is 0 Å². The number of ether oxygens (including phenoxy) is 1. The van der Waals surface area contributed by atoms with Crippen molar-refractivity contribution >= 4 is 17.9 Å². The summed E-state index contributed by atoms with van der Waals surface area (Å²) in [7, 11) is 0. The lowest BCUT2D eigenvalue weighted by Crippen LogP contribution is -2.50. The van der Waals surface area contributed by atoms with Gasteiger partial charge < -0.3 is 19.9 Å². The molecule has 0 spiro atoms. The van der Waals surface area contributed by atoms with E-state index in [4.69, 9.17) is 4.74 Å². The van der Waals surface area contributed by atoms with Gasteiger partial charge in [-0.2, -0.15) is 0 Å². The molecule has 2 aliphatic rings. The average Bonchev–Trinajstić information content (AvgIpc) is 3.11. The highest BCUT2D eigenvalue weighted by Gasteiger charge is 2.23. The van der Waals surface area contributed by atoms with E-state index in [1.54, 1.807) is 36.6 Å². The van der Waals surface area contributed by atoms with E-state index in [2.05, 4.69) is 11.4 Å².